The maximum Gasteiger partial charge on any atom is 0.308 e. The minimum atomic E-state index is -1.53. The molecule has 0 saturated heterocycles. The fraction of sp³-hybridized carbons (Fsp3) is 0. The van der Waals surface area contributed by atoms with Crippen LogP contribution in [0.1, 0.15) is 5.56 Å². The highest BCUT2D eigenvalue weighted by molar-refractivity contribution is 9.10. The Kier molecular flexibility index (Phi) is 12.0. The van der Waals surface area contributed by atoms with Crippen LogP contribution in [0.2, 0.25) is 0 Å². The largest absolute Gasteiger partial charge is 0.382 e. The van der Waals surface area contributed by atoms with Gasteiger partial charge in [-0.05, 0) is 69.0 Å². The van der Waals surface area contributed by atoms with Gasteiger partial charge in [0.15, 0.2) is 52.4 Å². The molecule has 16 nitrogen and oxygen atoms in total. The van der Waals surface area contributed by atoms with Gasteiger partial charge in [-0.25, -0.2) is 22.0 Å². The molecule has 0 fully saturated rings. The molecule has 0 saturated carbocycles. The van der Waals surface area contributed by atoms with E-state index < -0.39 is 45.5 Å². The van der Waals surface area contributed by atoms with Gasteiger partial charge in [-0.15, -0.1) is 0 Å². The Labute approximate surface area is 362 Å². The molecule has 10 aromatic rings. The van der Waals surface area contributed by atoms with E-state index in [1.165, 1.54) is 12.1 Å². The van der Waals surface area contributed by atoms with Crippen molar-refractivity contribution in [3.05, 3.63) is 146 Å². The molecule has 6 aromatic carbocycles. The second-order valence-electron chi connectivity index (χ2n) is 13.3. The summed E-state index contributed by atoms with van der Waals surface area (Å²) >= 11 is 2.87. The zero-order chi connectivity index (χ0) is 46.0. The summed E-state index contributed by atoms with van der Waals surface area (Å²) in [6, 6.07) is 28.0. The number of halogens is 7. The number of nitro benzene ring substituents is 1. The number of hydrogen-bond donors (Lipinski definition) is 8. The number of nitriles is 1. The molecule has 0 unspecified atom stereocenters. The summed E-state index contributed by atoms with van der Waals surface area (Å²) in [5.41, 5.74) is 25.2. The topological polar surface area (TPSA) is 286 Å². The quantitative estimate of drug-likeness (QED) is 0.0357. The average molecular weight is 942 g/mol. The van der Waals surface area contributed by atoms with Gasteiger partial charge in [0.2, 0.25) is 5.82 Å². The molecule has 4 aromatic heterocycles. The van der Waals surface area contributed by atoms with E-state index in [1.807, 2.05) is 36.4 Å². The molecule has 0 atom stereocenters. The second kappa shape index (κ2) is 17.8. The van der Waals surface area contributed by atoms with E-state index in [2.05, 4.69) is 62.8 Å². The van der Waals surface area contributed by atoms with Crippen molar-refractivity contribution in [2.75, 3.05) is 22.9 Å². The summed E-state index contributed by atoms with van der Waals surface area (Å²) in [5, 5.41) is 45.2. The Bertz CT molecular complexity index is 3420. The molecule has 10 rings (SSSR count). The smallest absolute Gasteiger partial charge is 0.308 e. The first-order valence-electron chi connectivity index (χ1n) is 18.0. The third-order valence-corrected chi connectivity index (χ3v) is 10.0. The first-order valence-corrected chi connectivity index (χ1v) is 18.8. The number of benzene rings is 6. The van der Waals surface area contributed by atoms with Gasteiger partial charge in [-0.1, -0.05) is 48.5 Å². The number of nitrogens with one attached hydrogen (secondary N) is 4. The van der Waals surface area contributed by atoms with Gasteiger partial charge >= 0.3 is 5.69 Å². The van der Waals surface area contributed by atoms with E-state index in [1.54, 1.807) is 36.4 Å². The van der Waals surface area contributed by atoms with Gasteiger partial charge in [0.1, 0.15) is 16.6 Å². The van der Waals surface area contributed by atoms with Crippen molar-refractivity contribution in [3.63, 3.8) is 0 Å². The molecule has 0 bridgehead atoms. The van der Waals surface area contributed by atoms with Gasteiger partial charge in [0.25, 0.3) is 0 Å². The van der Waals surface area contributed by atoms with Crippen LogP contribution in [-0.4, -0.2) is 45.7 Å². The van der Waals surface area contributed by atoms with Gasteiger partial charge in [0.05, 0.1) is 31.9 Å². The van der Waals surface area contributed by atoms with E-state index >= 15 is 0 Å². The van der Waals surface area contributed by atoms with Crippen LogP contribution in [0.15, 0.2) is 95.5 Å². The minimum Gasteiger partial charge on any atom is -0.382 e. The zero-order valence-corrected chi connectivity index (χ0v) is 33.7. The van der Waals surface area contributed by atoms with Gasteiger partial charge in [0, 0.05) is 27.8 Å². The number of aromatic amines is 4. The monoisotopic (exact) mass is 940 g/mol. The molecule has 12 N–H and O–H groups in total. The van der Waals surface area contributed by atoms with Crippen molar-refractivity contribution in [3.8, 4) is 28.3 Å². The van der Waals surface area contributed by atoms with Crippen LogP contribution in [-0.2, 0) is 0 Å². The van der Waals surface area contributed by atoms with E-state index in [0.717, 1.165) is 28.1 Å². The number of H-pyrrole nitrogens is 4. The third kappa shape index (κ3) is 8.35. The molecule has 0 spiro atoms. The average Bonchev–Trinajstić information content (AvgIpc) is 4.08. The zero-order valence-electron chi connectivity index (χ0n) is 32.1. The molecular weight excluding hydrogens is 914 g/mol. The number of nitrogens with two attached hydrogens (primary N) is 4. The summed E-state index contributed by atoms with van der Waals surface area (Å²) in [5.74, 6) is -5.99. The highest BCUT2D eigenvalue weighted by Crippen LogP contribution is 2.33. The summed E-state index contributed by atoms with van der Waals surface area (Å²) in [6.07, 6.45) is 0. The van der Waals surface area contributed by atoms with Crippen molar-refractivity contribution in [1.29, 1.82) is 5.26 Å². The lowest BCUT2D eigenvalue weighted by Gasteiger charge is -2.05. The predicted octanol–water partition coefficient (Wildman–Crippen LogP) is 9.29. The van der Waals surface area contributed by atoms with Crippen molar-refractivity contribution in [2.24, 2.45) is 0 Å². The van der Waals surface area contributed by atoms with Crippen molar-refractivity contribution < 1.29 is 31.3 Å². The fourth-order valence-corrected chi connectivity index (χ4v) is 6.62. The molecule has 0 amide bonds. The number of anilines is 4. The standard InChI is InChI=1S/C14H10N4.C13H9F2N3.C7H4BrF2N3.C7H4F2N4O2/c15-8-9-1-3-10(4-2-9)11-5-6-12-13(7-11)17-18-14(12)16;14-10-8(7-4-2-1-3-5-7)6-9-12(11(10)15)17-18-13(9)16;8-3-1-2-6(5(10)4(3)9)12-13-7(2)11;8-4-3(13(14)15)1-2-6(5(4)9)11-12-7(2)10/h1-7H,(H3,16,17,18);1-6H,(H3,16,17,18);1H,(H3,11,12,13);1H,(H3,10,11,12). The summed E-state index contributed by atoms with van der Waals surface area (Å²) in [7, 11) is 0. The van der Waals surface area contributed by atoms with Crippen LogP contribution in [0.25, 0.3) is 65.9 Å². The number of hydrogen-bond acceptors (Lipinski definition) is 11. The lowest BCUT2D eigenvalue weighted by molar-refractivity contribution is -0.387. The molecule has 64 heavy (non-hydrogen) atoms. The maximum absolute atomic E-state index is 14.0. The van der Waals surface area contributed by atoms with Crippen molar-refractivity contribution in [1.82, 2.24) is 40.8 Å². The van der Waals surface area contributed by atoms with E-state index in [4.69, 9.17) is 28.2 Å². The number of nitrogens with zero attached hydrogens (tertiary/aromatic N) is 6. The predicted molar refractivity (Wildman–Crippen MR) is 232 cm³/mol. The van der Waals surface area contributed by atoms with Crippen LogP contribution >= 0.6 is 15.9 Å². The van der Waals surface area contributed by atoms with Crippen LogP contribution in [0.5, 0.6) is 0 Å². The molecule has 0 aliphatic carbocycles. The Morgan fingerprint density at radius 2 is 1.03 bits per heavy atom. The summed E-state index contributed by atoms with van der Waals surface area (Å²) in [4.78, 5) is 9.35. The number of aromatic nitrogens is 8. The lowest BCUT2D eigenvalue weighted by Crippen LogP contribution is -1.96. The van der Waals surface area contributed by atoms with Crippen molar-refractivity contribution in [2.45, 2.75) is 0 Å². The number of nitro groups is 1. The SMILES string of the molecule is N#Cc1ccc(-c2ccc3c(N)n[nH]c3c2)cc1.Nc1n[nH]c2c(F)c(F)c(-c3ccccc3)cc12.Nc1n[nH]c2c(F)c(F)c(Br)cc12.Nc1n[nH]c2c(F)c(F)c([N+](=O)[O-])cc12. The van der Waals surface area contributed by atoms with E-state index in [-0.39, 0.29) is 49.4 Å². The molecule has 322 valence electrons. The minimum absolute atomic E-state index is 0.00955. The fourth-order valence-electron chi connectivity index (χ4n) is 6.22. The molecule has 0 radical (unpaired) electrons. The number of rotatable bonds is 3. The second-order valence-corrected chi connectivity index (χ2v) is 14.2. The molecular formula is C41H27BrF6N14O2. The van der Waals surface area contributed by atoms with Gasteiger partial charge in [-0.3, -0.25) is 30.5 Å². The lowest BCUT2D eigenvalue weighted by atomic mass is 10.0. The normalized spacial score (nSPS) is 10.8. The summed E-state index contributed by atoms with van der Waals surface area (Å²) < 4.78 is 80.3. The first kappa shape index (κ1) is 43.4. The highest BCUT2D eigenvalue weighted by atomic mass is 79.9. The van der Waals surface area contributed by atoms with Crippen LogP contribution < -0.4 is 22.9 Å². The molecule has 0 aliphatic heterocycles. The van der Waals surface area contributed by atoms with Crippen molar-refractivity contribution >= 4 is 88.5 Å². The summed E-state index contributed by atoms with van der Waals surface area (Å²) in [6.45, 7) is 0. The van der Waals surface area contributed by atoms with Crippen LogP contribution in [0.3, 0.4) is 0 Å². The molecule has 0 aliphatic rings. The van der Waals surface area contributed by atoms with Crippen LogP contribution in [0, 0.1) is 56.3 Å². The molecule has 23 heteroatoms. The van der Waals surface area contributed by atoms with Gasteiger partial charge in [-0.2, -0.15) is 30.0 Å². The number of fused-ring (bicyclic) bond motifs is 4. The third-order valence-electron chi connectivity index (χ3n) is 9.47. The Hall–Kier alpha value is -8.65. The molecule has 4 heterocycles. The Morgan fingerprint density at radius 3 is 1.59 bits per heavy atom. The van der Waals surface area contributed by atoms with Crippen LogP contribution in [0.4, 0.5) is 55.3 Å². The van der Waals surface area contributed by atoms with E-state index in [0.29, 0.717) is 27.7 Å². The first-order chi connectivity index (χ1) is 30.6. The van der Waals surface area contributed by atoms with Gasteiger partial charge < -0.3 is 22.9 Å². The highest BCUT2D eigenvalue weighted by Gasteiger charge is 2.24. The number of nitrogen functional groups attached to an aromatic ring is 4. The Balaban J connectivity index is 0.000000129. The maximum atomic E-state index is 14.0. The van der Waals surface area contributed by atoms with E-state index in [9.17, 15) is 36.5 Å². The Morgan fingerprint density at radius 1 is 0.547 bits per heavy atom.